The first kappa shape index (κ1) is 9.80. The molecule has 2 aromatic heterocycles. The molecule has 0 saturated heterocycles. The maximum absolute atomic E-state index is 4.03. The molecule has 2 heterocycles. The number of aromatic nitrogens is 3. The Morgan fingerprint density at radius 2 is 1.87 bits per heavy atom. The number of hydrogen-bond acceptors (Lipinski definition) is 1. The van der Waals surface area contributed by atoms with Crippen molar-refractivity contribution in [1.29, 1.82) is 0 Å². The molecule has 3 rings (SSSR count). The lowest BCUT2D eigenvalue weighted by atomic mass is 10.3. The Kier molecular flexibility index (Phi) is 2.47. The molecule has 0 radical (unpaired) electrons. The van der Waals surface area contributed by atoms with Gasteiger partial charge in [0.15, 0.2) is 0 Å². The van der Waals surface area contributed by atoms with Crippen molar-refractivity contribution in [3.8, 4) is 0 Å². The predicted molar refractivity (Wildman–Crippen MR) is 62.2 cm³/mol. The molecule has 15 heavy (non-hydrogen) atoms. The van der Waals surface area contributed by atoms with E-state index in [0.717, 1.165) is 0 Å². The van der Waals surface area contributed by atoms with Gasteiger partial charge >= 0.3 is 0 Å². The summed E-state index contributed by atoms with van der Waals surface area (Å²) in [5.74, 6) is 0. The molecular weight excluding hydrogens is 210 g/mol. The number of rotatable bonds is 1. The average Bonchev–Trinajstić information content (AvgIpc) is 2.85. The molecular formula is C11H10ClN3. The second-order valence-electron chi connectivity index (χ2n) is 3.16. The van der Waals surface area contributed by atoms with E-state index in [0.29, 0.717) is 0 Å². The molecule has 0 unspecified atom stereocenters. The highest BCUT2D eigenvalue weighted by atomic mass is 35.5. The monoisotopic (exact) mass is 219 g/mol. The van der Waals surface area contributed by atoms with Crippen LogP contribution < -0.4 is 0 Å². The van der Waals surface area contributed by atoms with E-state index >= 15 is 0 Å². The largest absolute Gasteiger partial charge is 0.255 e. The quantitative estimate of drug-likeness (QED) is 0.617. The van der Waals surface area contributed by atoms with Gasteiger partial charge < -0.3 is 0 Å². The summed E-state index contributed by atoms with van der Waals surface area (Å²) in [6, 6.07) is 10.4. The Bertz CT molecular complexity index is 554. The minimum absolute atomic E-state index is 0. The fourth-order valence-electron chi connectivity index (χ4n) is 1.65. The molecule has 0 atom stereocenters. The van der Waals surface area contributed by atoms with E-state index in [1.54, 1.807) is 12.5 Å². The zero-order valence-electron chi connectivity index (χ0n) is 7.95. The van der Waals surface area contributed by atoms with Crippen LogP contribution >= 0.6 is 12.4 Å². The molecule has 0 spiro atoms. The lowest BCUT2D eigenvalue weighted by molar-refractivity contribution is 0.686. The van der Waals surface area contributed by atoms with E-state index in [1.165, 1.54) is 10.9 Å². The first-order valence-electron chi connectivity index (χ1n) is 4.50. The van der Waals surface area contributed by atoms with Gasteiger partial charge in [0.05, 0.1) is 5.52 Å². The van der Waals surface area contributed by atoms with Crippen molar-refractivity contribution in [2.24, 2.45) is 0 Å². The number of fused-ring (bicyclic) bond motifs is 1. The van der Waals surface area contributed by atoms with Crippen LogP contribution in [0.5, 0.6) is 0 Å². The second kappa shape index (κ2) is 3.79. The lowest BCUT2D eigenvalue weighted by Crippen LogP contribution is -2.03. The third kappa shape index (κ3) is 1.51. The molecule has 4 heteroatoms. The highest BCUT2D eigenvalue weighted by Gasteiger charge is 1.99. The van der Waals surface area contributed by atoms with Crippen LogP contribution in [0.15, 0.2) is 55.2 Å². The van der Waals surface area contributed by atoms with Gasteiger partial charge in [-0.15, -0.1) is 12.4 Å². The van der Waals surface area contributed by atoms with Crippen molar-refractivity contribution in [2.45, 2.75) is 0 Å². The summed E-state index contributed by atoms with van der Waals surface area (Å²) < 4.78 is 4.00. The molecule has 0 aliphatic carbocycles. The SMILES string of the molecule is Cl.c1ccc2c(c1)ccn2-n1ccnc1. The Hall–Kier alpha value is -1.74. The summed E-state index contributed by atoms with van der Waals surface area (Å²) in [6.07, 6.45) is 7.51. The van der Waals surface area contributed by atoms with Crippen LogP contribution in [-0.2, 0) is 0 Å². The zero-order valence-corrected chi connectivity index (χ0v) is 8.76. The number of benzene rings is 1. The second-order valence-corrected chi connectivity index (χ2v) is 3.16. The Morgan fingerprint density at radius 3 is 2.67 bits per heavy atom. The Balaban J connectivity index is 0.000000853. The van der Waals surface area contributed by atoms with E-state index in [9.17, 15) is 0 Å². The van der Waals surface area contributed by atoms with E-state index in [2.05, 4.69) is 27.9 Å². The van der Waals surface area contributed by atoms with Crippen molar-refractivity contribution in [3.63, 3.8) is 0 Å². The molecule has 3 nitrogen and oxygen atoms in total. The molecule has 3 aromatic rings. The van der Waals surface area contributed by atoms with Crippen LogP contribution in [0, 0.1) is 0 Å². The van der Waals surface area contributed by atoms with Crippen molar-refractivity contribution in [2.75, 3.05) is 0 Å². The summed E-state index contributed by atoms with van der Waals surface area (Å²) in [7, 11) is 0. The van der Waals surface area contributed by atoms with Crippen molar-refractivity contribution in [3.05, 3.63) is 55.2 Å². The van der Waals surface area contributed by atoms with Gasteiger partial charge in [-0.25, -0.2) is 9.66 Å². The first-order chi connectivity index (χ1) is 6.95. The van der Waals surface area contributed by atoms with Crippen LogP contribution in [0.3, 0.4) is 0 Å². The predicted octanol–water partition coefficient (Wildman–Crippen LogP) is 2.57. The minimum Gasteiger partial charge on any atom is -0.255 e. The third-order valence-electron chi connectivity index (χ3n) is 2.32. The highest BCUT2D eigenvalue weighted by Crippen LogP contribution is 2.14. The molecule has 0 saturated carbocycles. The van der Waals surface area contributed by atoms with Gasteiger partial charge in [-0.05, 0) is 12.1 Å². The van der Waals surface area contributed by atoms with Crippen LogP contribution in [-0.4, -0.2) is 14.3 Å². The molecule has 0 aliphatic rings. The van der Waals surface area contributed by atoms with Crippen LogP contribution in [0.4, 0.5) is 0 Å². The smallest absolute Gasteiger partial charge is 0.115 e. The Labute approximate surface area is 93.4 Å². The summed E-state index contributed by atoms with van der Waals surface area (Å²) >= 11 is 0. The number of hydrogen-bond donors (Lipinski definition) is 0. The van der Waals surface area contributed by atoms with Gasteiger partial charge in [-0.3, -0.25) is 4.68 Å². The summed E-state index contributed by atoms with van der Waals surface area (Å²) in [5, 5.41) is 1.24. The van der Waals surface area contributed by atoms with Gasteiger partial charge in [-0.2, -0.15) is 0 Å². The minimum atomic E-state index is 0. The summed E-state index contributed by atoms with van der Waals surface area (Å²) in [4.78, 5) is 4.03. The number of para-hydroxylation sites is 1. The molecule has 0 N–H and O–H groups in total. The van der Waals surface area contributed by atoms with Crippen molar-refractivity contribution in [1.82, 2.24) is 14.3 Å². The van der Waals surface area contributed by atoms with Crippen molar-refractivity contribution < 1.29 is 0 Å². The highest BCUT2D eigenvalue weighted by molar-refractivity contribution is 5.85. The standard InChI is InChI=1S/C11H9N3.ClH/c1-2-4-11-10(3-1)5-7-14(11)13-8-6-12-9-13;/h1-9H;1H. The normalized spacial score (nSPS) is 10.1. The summed E-state index contributed by atoms with van der Waals surface area (Å²) in [5.41, 5.74) is 1.19. The third-order valence-corrected chi connectivity index (χ3v) is 2.32. The van der Waals surface area contributed by atoms with Crippen LogP contribution in [0.1, 0.15) is 0 Å². The van der Waals surface area contributed by atoms with Crippen molar-refractivity contribution >= 4 is 23.3 Å². The number of halogens is 1. The van der Waals surface area contributed by atoms with Gasteiger partial charge in [0.2, 0.25) is 0 Å². The van der Waals surface area contributed by atoms with Gasteiger partial charge in [0.1, 0.15) is 6.33 Å². The van der Waals surface area contributed by atoms with E-state index in [1.807, 2.05) is 29.2 Å². The molecule has 76 valence electrons. The van der Waals surface area contributed by atoms with E-state index in [-0.39, 0.29) is 12.4 Å². The zero-order chi connectivity index (χ0) is 9.38. The van der Waals surface area contributed by atoms with Crippen LogP contribution in [0.2, 0.25) is 0 Å². The Morgan fingerprint density at radius 1 is 1.00 bits per heavy atom. The fourth-order valence-corrected chi connectivity index (χ4v) is 1.65. The van der Waals surface area contributed by atoms with Crippen LogP contribution in [0.25, 0.3) is 10.9 Å². The maximum atomic E-state index is 4.03. The summed E-state index contributed by atoms with van der Waals surface area (Å²) in [6.45, 7) is 0. The average molecular weight is 220 g/mol. The van der Waals surface area contributed by atoms with E-state index < -0.39 is 0 Å². The first-order valence-corrected chi connectivity index (χ1v) is 4.50. The molecule has 0 aliphatic heterocycles. The van der Waals surface area contributed by atoms with E-state index in [4.69, 9.17) is 0 Å². The lowest BCUT2D eigenvalue weighted by Gasteiger charge is -2.04. The molecule has 1 aromatic carbocycles. The fraction of sp³-hybridized carbons (Fsp3) is 0. The molecule has 0 bridgehead atoms. The van der Waals surface area contributed by atoms with Gasteiger partial charge in [0, 0.05) is 24.0 Å². The maximum Gasteiger partial charge on any atom is 0.115 e. The number of imidazole rings is 1. The van der Waals surface area contributed by atoms with Gasteiger partial charge in [0.25, 0.3) is 0 Å². The van der Waals surface area contributed by atoms with Gasteiger partial charge in [-0.1, -0.05) is 18.2 Å². The molecule has 0 fully saturated rings. The molecule has 0 amide bonds. The topological polar surface area (TPSA) is 22.8 Å². The number of nitrogens with zero attached hydrogens (tertiary/aromatic N) is 3.